The number of hydrogen-bond acceptors (Lipinski definition) is 5. The average Bonchev–Trinajstić information content (AvgIpc) is 3.35. The molecule has 1 saturated carbocycles. The topological polar surface area (TPSA) is 82.1 Å². The monoisotopic (exact) mass is 398 g/mol. The zero-order valence-electron chi connectivity index (χ0n) is 16.9. The molecule has 0 saturated heterocycles. The molecule has 2 aliphatic carbocycles. The van der Waals surface area contributed by atoms with Gasteiger partial charge >= 0.3 is 11.9 Å². The zero-order valence-corrected chi connectivity index (χ0v) is 16.9. The Morgan fingerprint density at radius 3 is 2.52 bits per heavy atom. The Bertz CT molecular complexity index is 865. The van der Waals surface area contributed by atoms with E-state index in [0.717, 1.165) is 5.56 Å². The highest BCUT2D eigenvalue weighted by Gasteiger charge is 2.64. The third-order valence-electron chi connectivity index (χ3n) is 5.20. The van der Waals surface area contributed by atoms with E-state index in [1.54, 1.807) is 33.1 Å². The first kappa shape index (κ1) is 20.7. The number of esters is 1. The second-order valence-corrected chi connectivity index (χ2v) is 7.46. The van der Waals surface area contributed by atoms with Gasteiger partial charge in [-0.25, -0.2) is 0 Å². The standard InChI is InChI=1S/C23H26O6/c1-15(2)29-21(24)11-12-23(22(25)26)17-9-10-19(27-3)20(13-18(17)23)28-14-16-7-5-4-6-8-16/h4-10,13,15,17H,11-12,14H2,1-3H3,(H,25,26). The van der Waals surface area contributed by atoms with Gasteiger partial charge in [0, 0.05) is 12.3 Å². The van der Waals surface area contributed by atoms with Crippen LogP contribution in [0.1, 0.15) is 32.3 Å². The summed E-state index contributed by atoms with van der Waals surface area (Å²) in [6.45, 7) is 3.88. The predicted octanol–water partition coefficient (Wildman–Crippen LogP) is 3.99. The molecule has 0 amide bonds. The smallest absolute Gasteiger partial charge is 0.314 e. The summed E-state index contributed by atoms with van der Waals surface area (Å²) in [7, 11) is 1.55. The van der Waals surface area contributed by atoms with Crippen LogP contribution in [0.4, 0.5) is 0 Å². The fourth-order valence-electron chi connectivity index (χ4n) is 3.69. The molecule has 154 valence electrons. The van der Waals surface area contributed by atoms with Crippen LogP contribution in [0.3, 0.4) is 0 Å². The van der Waals surface area contributed by atoms with Gasteiger partial charge in [-0.3, -0.25) is 9.59 Å². The molecule has 0 bridgehead atoms. The molecule has 2 aliphatic rings. The Balaban J connectivity index is 1.79. The van der Waals surface area contributed by atoms with Crippen molar-refractivity contribution in [3.05, 3.63) is 71.2 Å². The highest BCUT2D eigenvalue weighted by molar-refractivity contribution is 5.88. The van der Waals surface area contributed by atoms with Crippen molar-refractivity contribution in [2.75, 3.05) is 7.11 Å². The lowest BCUT2D eigenvalue weighted by Gasteiger charge is -2.14. The third kappa shape index (κ3) is 4.36. The number of carbonyl (C=O) groups excluding carboxylic acids is 1. The fourth-order valence-corrected chi connectivity index (χ4v) is 3.69. The molecule has 1 N–H and O–H groups in total. The minimum atomic E-state index is -1.10. The van der Waals surface area contributed by atoms with Crippen molar-refractivity contribution in [1.29, 1.82) is 0 Å². The second-order valence-electron chi connectivity index (χ2n) is 7.46. The lowest BCUT2D eigenvalue weighted by molar-refractivity contribution is -0.149. The fraction of sp³-hybridized carbons (Fsp3) is 0.391. The number of methoxy groups -OCH3 is 1. The molecule has 0 heterocycles. The van der Waals surface area contributed by atoms with Crippen molar-refractivity contribution >= 4 is 11.9 Å². The lowest BCUT2D eigenvalue weighted by atomic mass is 9.95. The lowest BCUT2D eigenvalue weighted by Crippen LogP contribution is -2.21. The number of carboxylic acids is 1. The summed E-state index contributed by atoms with van der Waals surface area (Å²) in [6.07, 6.45) is 5.30. The summed E-state index contributed by atoms with van der Waals surface area (Å²) in [4.78, 5) is 24.1. The molecule has 1 aromatic rings. The molecule has 2 atom stereocenters. The van der Waals surface area contributed by atoms with Crippen molar-refractivity contribution in [3.63, 3.8) is 0 Å². The van der Waals surface area contributed by atoms with Crippen LogP contribution in [0.25, 0.3) is 0 Å². The van der Waals surface area contributed by atoms with Crippen molar-refractivity contribution in [2.24, 2.45) is 11.3 Å². The number of ether oxygens (including phenoxy) is 3. The first-order valence-corrected chi connectivity index (χ1v) is 9.66. The van der Waals surface area contributed by atoms with Crippen molar-refractivity contribution in [2.45, 2.75) is 39.4 Å². The Labute approximate surface area is 170 Å². The van der Waals surface area contributed by atoms with E-state index in [1.807, 2.05) is 36.4 Å². The number of allylic oxidation sites excluding steroid dienone is 3. The Hall–Kier alpha value is -3.02. The molecule has 2 unspecified atom stereocenters. The normalized spacial score (nSPS) is 22.5. The van der Waals surface area contributed by atoms with Crippen molar-refractivity contribution in [1.82, 2.24) is 0 Å². The van der Waals surface area contributed by atoms with E-state index in [-0.39, 0.29) is 30.8 Å². The SMILES string of the molecule is COC1=C(OCc2ccccc2)C=C2C(C=C1)C2(CCC(=O)OC(C)C)C(=O)O. The van der Waals surface area contributed by atoms with Gasteiger partial charge in [0.15, 0.2) is 11.5 Å². The number of rotatable bonds is 9. The molecule has 0 aliphatic heterocycles. The van der Waals surface area contributed by atoms with Gasteiger partial charge in [0.2, 0.25) is 0 Å². The molecule has 0 aromatic heterocycles. The van der Waals surface area contributed by atoms with Crippen LogP contribution in [0.5, 0.6) is 0 Å². The Morgan fingerprint density at radius 2 is 1.90 bits per heavy atom. The van der Waals surface area contributed by atoms with Gasteiger partial charge < -0.3 is 19.3 Å². The van der Waals surface area contributed by atoms with Gasteiger partial charge in [-0.15, -0.1) is 0 Å². The van der Waals surface area contributed by atoms with Crippen LogP contribution in [-0.4, -0.2) is 30.3 Å². The Morgan fingerprint density at radius 1 is 1.17 bits per heavy atom. The van der Waals surface area contributed by atoms with Crippen LogP contribution in [0.2, 0.25) is 0 Å². The van der Waals surface area contributed by atoms with Gasteiger partial charge in [-0.1, -0.05) is 36.4 Å². The maximum Gasteiger partial charge on any atom is 0.314 e. The van der Waals surface area contributed by atoms with E-state index in [4.69, 9.17) is 14.2 Å². The number of carboxylic acid groups (broad SMARTS) is 1. The largest absolute Gasteiger partial charge is 0.493 e. The first-order chi connectivity index (χ1) is 13.9. The molecule has 3 rings (SSSR count). The van der Waals surface area contributed by atoms with E-state index in [9.17, 15) is 14.7 Å². The summed E-state index contributed by atoms with van der Waals surface area (Å²) < 4.78 is 16.5. The molecular weight excluding hydrogens is 372 g/mol. The quantitative estimate of drug-likeness (QED) is 0.634. The molecule has 1 fully saturated rings. The number of aliphatic carboxylic acids is 1. The number of carbonyl (C=O) groups is 2. The van der Waals surface area contributed by atoms with E-state index < -0.39 is 11.4 Å². The maximum atomic E-state index is 12.1. The first-order valence-electron chi connectivity index (χ1n) is 9.66. The van der Waals surface area contributed by atoms with Crippen LogP contribution in [0.15, 0.2) is 65.7 Å². The van der Waals surface area contributed by atoms with E-state index in [1.165, 1.54) is 0 Å². The summed E-state index contributed by atoms with van der Waals surface area (Å²) in [5.41, 5.74) is 0.608. The van der Waals surface area contributed by atoms with E-state index >= 15 is 0 Å². The van der Waals surface area contributed by atoms with Crippen LogP contribution in [-0.2, 0) is 30.4 Å². The summed E-state index contributed by atoms with van der Waals surface area (Å²) >= 11 is 0. The van der Waals surface area contributed by atoms with Crippen LogP contribution < -0.4 is 0 Å². The highest BCUT2D eigenvalue weighted by atomic mass is 16.5. The molecule has 29 heavy (non-hydrogen) atoms. The molecule has 0 radical (unpaired) electrons. The number of fused-ring (bicyclic) bond motifs is 1. The third-order valence-corrected chi connectivity index (χ3v) is 5.20. The summed E-state index contributed by atoms with van der Waals surface area (Å²) in [6, 6.07) is 9.69. The molecule has 6 nitrogen and oxygen atoms in total. The minimum Gasteiger partial charge on any atom is -0.493 e. The van der Waals surface area contributed by atoms with Crippen molar-refractivity contribution < 1.29 is 28.9 Å². The number of benzene rings is 1. The minimum absolute atomic E-state index is 0.0488. The van der Waals surface area contributed by atoms with Crippen LogP contribution >= 0.6 is 0 Å². The molecular formula is C23H26O6. The number of hydrogen-bond donors (Lipinski definition) is 1. The summed E-state index contributed by atoms with van der Waals surface area (Å²) in [5.74, 6) is -0.605. The maximum absolute atomic E-state index is 12.1. The van der Waals surface area contributed by atoms with Gasteiger partial charge in [0.1, 0.15) is 12.0 Å². The summed E-state index contributed by atoms with van der Waals surface area (Å²) in [5, 5.41) is 9.92. The van der Waals surface area contributed by atoms with Crippen LogP contribution in [0, 0.1) is 11.3 Å². The predicted molar refractivity (Wildman–Crippen MR) is 107 cm³/mol. The highest BCUT2D eigenvalue weighted by Crippen LogP contribution is 2.63. The average molecular weight is 398 g/mol. The zero-order chi connectivity index (χ0) is 21.0. The molecule has 0 spiro atoms. The van der Waals surface area contributed by atoms with Gasteiger partial charge in [0.05, 0.1) is 13.2 Å². The second kappa shape index (κ2) is 8.55. The van der Waals surface area contributed by atoms with Crippen molar-refractivity contribution in [3.8, 4) is 0 Å². The molecule has 1 aromatic carbocycles. The van der Waals surface area contributed by atoms with Gasteiger partial charge in [0.25, 0.3) is 0 Å². The van der Waals surface area contributed by atoms with Gasteiger partial charge in [-0.05, 0) is 43.6 Å². The van der Waals surface area contributed by atoms with E-state index in [0.29, 0.717) is 23.7 Å². The van der Waals surface area contributed by atoms with Gasteiger partial charge in [-0.2, -0.15) is 0 Å². The molecule has 6 heteroatoms. The Kier molecular flexibility index (Phi) is 6.11. The van der Waals surface area contributed by atoms with E-state index in [2.05, 4.69) is 0 Å².